The van der Waals surface area contributed by atoms with E-state index in [1.54, 1.807) is 0 Å². The molecule has 8 heteroatoms. The van der Waals surface area contributed by atoms with Crippen molar-refractivity contribution >= 4 is 17.5 Å². The number of ether oxygens (including phenoxy) is 1. The smallest absolute Gasteiger partial charge is 0.238 e. The van der Waals surface area contributed by atoms with Crippen molar-refractivity contribution in [3.8, 4) is 0 Å². The zero-order valence-electron chi connectivity index (χ0n) is 14.5. The average Bonchev–Trinajstić information content (AvgIpc) is 2.65. The fourth-order valence-corrected chi connectivity index (χ4v) is 3.37. The van der Waals surface area contributed by atoms with Crippen LogP contribution in [0.1, 0.15) is 12.8 Å². The number of piperidine rings is 1. The van der Waals surface area contributed by atoms with Crippen LogP contribution in [0.2, 0.25) is 0 Å². The van der Waals surface area contributed by atoms with Gasteiger partial charge in [-0.3, -0.25) is 14.5 Å². The molecule has 1 aromatic carbocycles. The van der Waals surface area contributed by atoms with Crippen LogP contribution in [0, 0.1) is 17.6 Å². The summed E-state index contributed by atoms with van der Waals surface area (Å²) in [4.78, 5) is 28.3. The Balaban J connectivity index is 1.45. The van der Waals surface area contributed by atoms with Crippen molar-refractivity contribution in [1.29, 1.82) is 0 Å². The number of benzene rings is 1. The zero-order valence-corrected chi connectivity index (χ0v) is 14.5. The van der Waals surface area contributed by atoms with E-state index < -0.39 is 17.5 Å². The molecule has 2 aliphatic rings. The lowest BCUT2D eigenvalue weighted by Crippen LogP contribution is -2.47. The maximum atomic E-state index is 13.6. The van der Waals surface area contributed by atoms with Crippen molar-refractivity contribution in [1.82, 2.24) is 9.80 Å². The standard InChI is InChI=1S/C18H23F2N3O3/c19-14-1-2-15(20)16(11-14)21-17(24)12-22-5-3-13(4-6-22)18(25)23-7-9-26-10-8-23/h1-2,11,13H,3-10,12H2,(H,21,24). The molecule has 2 aliphatic heterocycles. The number of hydrogen-bond donors (Lipinski definition) is 1. The Labute approximate surface area is 151 Å². The summed E-state index contributed by atoms with van der Waals surface area (Å²) >= 11 is 0. The first-order chi connectivity index (χ1) is 12.5. The topological polar surface area (TPSA) is 61.9 Å². The van der Waals surface area contributed by atoms with E-state index >= 15 is 0 Å². The minimum Gasteiger partial charge on any atom is -0.378 e. The molecule has 1 aromatic rings. The van der Waals surface area contributed by atoms with Gasteiger partial charge in [-0.2, -0.15) is 0 Å². The van der Waals surface area contributed by atoms with Gasteiger partial charge < -0.3 is 15.0 Å². The Kier molecular flexibility index (Phi) is 6.16. The van der Waals surface area contributed by atoms with E-state index in [1.807, 2.05) is 9.80 Å². The fraction of sp³-hybridized carbons (Fsp3) is 0.556. The van der Waals surface area contributed by atoms with Gasteiger partial charge in [0.05, 0.1) is 25.4 Å². The summed E-state index contributed by atoms with van der Waals surface area (Å²) in [6.07, 6.45) is 1.38. The second-order valence-electron chi connectivity index (χ2n) is 6.66. The fourth-order valence-electron chi connectivity index (χ4n) is 3.37. The van der Waals surface area contributed by atoms with Crippen LogP contribution in [0.5, 0.6) is 0 Å². The third-order valence-corrected chi connectivity index (χ3v) is 4.83. The molecule has 0 atom stereocenters. The second kappa shape index (κ2) is 8.55. The summed E-state index contributed by atoms with van der Waals surface area (Å²) in [5, 5.41) is 2.40. The van der Waals surface area contributed by atoms with Crippen molar-refractivity contribution in [2.75, 3.05) is 51.3 Å². The summed E-state index contributed by atoms with van der Waals surface area (Å²) in [5.74, 6) is -1.53. The average molecular weight is 367 g/mol. The molecule has 3 rings (SSSR count). The van der Waals surface area contributed by atoms with E-state index in [9.17, 15) is 18.4 Å². The van der Waals surface area contributed by atoms with Gasteiger partial charge in [-0.1, -0.05) is 0 Å². The van der Waals surface area contributed by atoms with Crippen molar-refractivity contribution < 1.29 is 23.1 Å². The highest BCUT2D eigenvalue weighted by atomic mass is 19.1. The van der Waals surface area contributed by atoms with E-state index in [0.717, 1.165) is 18.2 Å². The van der Waals surface area contributed by atoms with Crippen LogP contribution in [0.15, 0.2) is 18.2 Å². The van der Waals surface area contributed by atoms with E-state index in [1.165, 1.54) is 0 Å². The van der Waals surface area contributed by atoms with Gasteiger partial charge in [0.15, 0.2) is 0 Å². The molecule has 0 unspecified atom stereocenters. The number of nitrogens with one attached hydrogen (secondary N) is 1. The molecule has 2 amide bonds. The van der Waals surface area contributed by atoms with Crippen molar-refractivity contribution in [3.05, 3.63) is 29.8 Å². The lowest BCUT2D eigenvalue weighted by atomic mass is 9.95. The molecule has 0 saturated carbocycles. The predicted octanol–water partition coefficient (Wildman–Crippen LogP) is 1.47. The SMILES string of the molecule is O=C(CN1CCC(C(=O)N2CCOCC2)CC1)Nc1cc(F)ccc1F. The molecule has 142 valence electrons. The number of halogens is 2. The number of nitrogens with zero attached hydrogens (tertiary/aromatic N) is 2. The highest BCUT2D eigenvalue weighted by molar-refractivity contribution is 5.92. The maximum Gasteiger partial charge on any atom is 0.238 e. The largest absolute Gasteiger partial charge is 0.378 e. The lowest BCUT2D eigenvalue weighted by molar-refractivity contribution is -0.141. The summed E-state index contributed by atoms with van der Waals surface area (Å²) in [7, 11) is 0. The quantitative estimate of drug-likeness (QED) is 0.876. The number of carbonyl (C=O) groups excluding carboxylic acids is 2. The highest BCUT2D eigenvalue weighted by Crippen LogP contribution is 2.21. The number of rotatable bonds is 4. The number of morpholine rings is 1. The molecule has 0 radical (unpaired) electrons. The van der Waals surface area contributed by atoms with Gasteiger partial charge in [0.1, 0.15) is 11.6 Å². The predicted molar refractivity (Wildman–Crippen MR) is 91.6 cm³/mol. The first kappa shape index (κ1) is 18.7. The highest BCUT2D eigenvalue weighted by Gasteiger charge is 2.29. The van der Waals surface area contributed by atoms with Crippen molar-refractivity contribution in [2.24, 2.45) is 5.92 Å². The van der Waals surface area contributed by atoms with Gasteiger partial charge in [0.2, 0.25) is 11.8 Å². The molecule has 2 saturated heterocycles. The summed E-state index contributed by atoms with van der Waals surface area (Å²) < 4.78 is 32.0. The molecular weight excluding hydrogens is 344 g/mol. The second-order valence-corrected chi connectivity index (χ2v) is 6.66. The van der Waals surface area contributed by atoms with E-state index in [-0.39, 0.29) is 24.1 Å². The van der Waals surface area contributed by atoms with Crippen LogP contribution in [-0.4, -0.2) is 67.6 Å². The number of carbonyl (C=O) groups is 2. The molecular formula is C18H23F2N3O3. The van der Waals surface area contributed by atoms with Gasteiger partial charge in [0, 0.05) is 25.1 Å². The minimum atomic E-state index is -0.672. The number of likely N-dealkylation sites (tertiary alicyclic amines) is 1. The van der Waals surface area contributed by atoms with E-state index in [4.69, 9.17) is 4.74 Å². The molecule has 2 fully saturated rings. The molecule has 6 nitrogen and oxygen atoms in total. The van der Waals surface area contributed by atoms with Gasteiger partial charge in [0.25, 0.3) is 0 Å². The number of anilines is 1. The molecule has 1 N–H and O–H groups in total. The first-order valence-electron chi connectivity index (χ1n) is 8.87. The molecule has 0 spiro atoms. The van der Waals surface area contributed by atoms with Crippen LogP contribution >= 0.6 is 0 Å². The lowest BCUT2D eigenvalue weighted by Gasteiger charge is -2.35. The van der Waals surface area contributed by atoms with Gasteiger partial charge in [-0.15, -0.1) is 0 Å². The molecule has 2 heterocycles. The summed E-state index contributed by atoms with van der Waals surface area (Å²) in [6.45, 7) is 3.79. The van der Waals surface area contributed by atoms with Crippen LogP contribution in [-0.2, 0) is 14.3 Å². The Hall–Kier alpha value is -2.06. The normalized spacial score (nSPS) is 19.4. The Bertz CT molecular complexity index is 657. The Morgan fingerprint density at radius 2 is 1.81 bits per heavy atom. The molecule has 0 bridgehead atoms. The van der Waals surface area contributed by atoms with Crippen LogP contribution < -0.4 is 5.32 Å². The van der Waals surface area contributed by atoms with E-state index in [2.05, 4.69) is 5.32 Å². The van der Waals surface area contributed by atoms with Crippen molar-refractivity contribution in [3.63, 3.8) is 0 Å². The molecule has 26 heavy (non-hydrogen) atoms. The zero-order chi connectivity index (χ0) is 18.5. The molecule has 0 aliphatic carbocycles. The maximum absolute atomic E-state index is 13.6. The van der Waals surface area contributed by atoms with Crippen LogP contribution in [0.3, 0.4) is 0 Å². The van der Waals surface area contributed by atoms with Gasteiger partial charge in [-0.05, 0) is 38.1 Å². The van der Waals surface area contributed by atoms with Gasteiger partial charge in [-0.25, -0.2) is 8.78 Å². The third kappa shape index (κ3) is 4.76. The van der Waals surface area contributed by atoms with Crippen LogP contribution in [0.4, 0.5) is 14.5 Å². The monoisotopic (exact) mass is 367 g/mol. The summed E-state index contributed by atoms with van der Waals surface area (Å²) in [5.41, 5.74) is -0.160. The van der Waals surface area contributed by atoms with Crippen molar-refractivity contribution in [2.45, 2.75) is 12.8 Å². The number of hydrogen-bond acceptors (Lipinski definition) is 4. The van der Waals surface area contributed by atoms with E-state index in [0.29, 0.717) is 52.2 Å². The Morgan fingerprint density at radius 1 is 1.12 bits per heavy atom. The molecule has 0 aromatic heterocycles. The van der Waals surface area contributed by atoms with Gasteiger partial charge >= 0.3 is 0 Å². The first-order valence-corrected chi connectivity index (χ1v) is 8.87. The minimum absolute atomic E-state index is 0.0203. The number of amides is 2. The Morgan fingerprint density at radius 3 is 2.50 bits per heavy atom. The van der Waals surface area contributed by atoms with Crippen LogP contribution in [0.25, 0.3) is 0 Å². The third-order valence-electron chi connectivity index (χ3n) is 4.83. The summed E-state index contributed by atoms with van der Waals surface area (Å²) in [6, 6.07) is 2.94.